The molecule has 5 aromatic rings. The third-order valence-corrected chi connectivity index (χ3v) is 5.24. The Morgan fingerprint density at radius 1 is 0.370 bits per heavy atom. The molecule has 0 spiro atoms. The molecule has 0 atom stereocenters. The lowest BCUT2D eigenvalue weighted by Crippen LogP contribution is -2.02. The summed E-state index contributed by atoms with van der Waals surface area (Å²) in [6.07, 6.45) is 0. The predicted octanol–water partition coefficient (Wildman–Crippen LogP) is 5.59. The van der Waals surface area contributed by atoms with Crippen LogP contribution in [0, 0.1) is 0 Å². The quantitative estimate of drug-likeness (QED) is 0.367. The van der Waals surface area contributed by atoms with Crippen LogP contribution in [0.2, 0.25) is 0 Å². The van der Waals surface area contributed by atoms with E-state index >= 15 is 0 Å². The summed E-state index contributed by atoms with van der Waals surface area (Å²) >= 11 is 0. The van der Waals surface area contributed by atoms with Gasteiger partial charge >= 0.3 is 0 Å². The van der Waals surface area contributed by atoms with Gasteiger partial charge in [-0.15, -0.1) is 0 Å². The lowest BCUT2D eigenvalue weighted by Gasteiger charge is -2.10. The molecule has 1 heteroatoms. The van der Waals surface area contributed by atoms with Gasteiger partial charge in [0.2, 0.25) is 0 Å². The fraction of sp³-hybridized carbons (Fsp3) is 0. The van der Waals surface area contributed by atoms with Crippen molar-refractivity contribution in [2.75, 3.05) is 0 Å². The van der Waals surface area contributed by atoms with E-state index in [0.29, 0.717) is 0 Å². The molecule has 0 aromatic heterocycles. The Bertz CT molecular complexity index is 1190. The molecule has 0 bridgehead atoms. The zero-order valence-corrected chi connectivity index (χ0v) is 15.3. The average molecular weight is 342 g/mol. The second-order valence-electron chi connectivity index (χ2n) is 7.21. The summed E-state index contributed by atoms with van der Waals surface area (Å²) in [5.74, 6) is 0. The molecule has 0 radical (unpaired) electrons. The molecular formula is C26H19B. The smallest absolute Gasteiger partial charge is 0.0877 e. The van der Waals surface area contributed by atoms with Gasteiger partial charge in [0.05, 0.1) is 0 Å². The third-order valence-electron chi connectivity index (χ3n) is 5.24. The van der Waals surface area contributed by atoms with E-state index in [2.05, 4.69) is 111 Å². The van der Waals surface area contributed by atoms with E-state index in [1.807, 2.05) is 0 Å². The highest BCUT2D eigenvalue weighted by Gasteiger charge is 2.06. The number of hydrogen-bond acceptors (Lipinski definition) is 0. The molecule has 0 saturated carbocycles. The molecule has 27 heavy (non-hydrogen) atoms. The van der Waals surface area contributed by atoms with Crippen LogP contribution in [0.1, 0.15) is 0 Å². The molecule has 0 fully saturated rings. The first kappa shape index (κ1) is 15.9. The minimum Gasteiger partial charge on any atom is -0.0877 e. The van der Waals surface area contributed by atoms with Crippen molar-refractivity contribution in [2.24, 2.45) is 0 Å². The highest BCUT2D eigenvalue weighted by Crippen LogP contribution is 2.29. The van der Waals surface area contributed by atoms with Gasteiger partial charge in [0.15, 0.2) is 0 Å². The van der Waals surface area contributed by atoms with Crippen LogP contribution in [-0.2, 0) is 0 Å². The molecular weight excluding hydrogens is 323 g/mol. The van der Waals surface area contributed by atoms with Gasteiger partial charge in [-0.05, 0) is 62.0 Å². The standard InChI is InChI=1S/C26H19B/c27-26-16-24(22-11-9-18-5-1-3-7-20(18)13-22)15-25(17-26)23-12-10-19-6-2-4-8-21(19)14-23/h1-17H,27H2. The van der Waals surface area contributed by atoms with E-state index in [4.69, 9.17) is 0 Å². The van der Waals surface area contributed by atoms with Crippen LogP contribution in [0.5, 0.6) is 0 Å². The Kier molecular flexibility index (Phi) is 3.80. The van der Waals surface area contributed by atoms with Crippen molar-refractivity contribution in [3.63, 3.8) is 0 Å². The maximum atomic E-state index is 2.31. The summed E-state index contributed by atoms with van der Waals surface area (Å²) in [4.78, 5) is 0. The number of hydrogen-bond donors (Lipinski definition) is 0. The molecule has 0 amide bonds. The second-order valence-corrected chi connectivity index (χ2v) is 7.21. The molecule has 0 heterocycles. The van der Waals surface area contributed by atoms with Crippen molar-refractivity contribution in [1.29, 1.82) is 0 Å². The number of rotatable bonds is 2. The lowest BCUT2D eigenvalue weighted by atomic mass is 9.87. The van der Waals surface area contributed by atoms with E-state index in [9.17, 15) is 0 Å². The van der Waals surface area contributed by atoms with Crippen LogP contribution in [0.25, 0.3) is 43.8 Å². The van der Waals surface area contributed by atoms with Gasteiger partial charge < -0.3 is 0 Å². The van der Waals surface area contributed by atoms with Gasteiger partial charge in [-0.3, -0.25) is 0 Å². The van der Waals surface area contributed by atoms with E-state index in [-0.39, 0.29) is 0 Å². The van der Waals surface area contributed by atoms with Gasteiger partial charge in [0.1, 0.15) is 7.85 Å². The maximum Gasteiger partial charge on any atom is 0.139 e. The molecule has 0 unspecified atom stereocenters. The van der Waals surface area contributed by atoms with Crippen LogP contribution in [-0.4, -0.2) is 7.85 Å². The monoisotopic (exact) mass is 342 g/mol. The molecule has 0 aliphatic carbocycles. The average Bonchev–Trinajstić information content (AvgIpc) is 2.72. The zero-order valence-electron chi connectivity index (χ0n) is 15.3. The highest BCUT2D eigenvalue weighted by molar-refractivity contribution is 6.33. The summed E-state index contributed by atoms with van der Waals surface area (Å²) < 4.78 is 0. The zero-order chi connectivity index (χ0) is 18.2. The van der Waals surface area contributed by atoms with Crippen molar-refractivity contribution in [3.05, 3.63) is 103 Å². The Balaban J connectivity index is 1.64. The van der Waals surface area contributed by atoms with Crippen LogP contribution >= 0.6 is 0 Å². The lowest BCUT2D eigenvalue weighted by molar-refractivity contribution is 1.63. The van der Waals surface area contributed by atoms with E-state index in [1.165, 1.54) is 49.3 Å². The van der Waals surface area contributed by atoms with Crippen molar-refractivity contribution < 1.29 is 0 Å². The second kappa shape index (κ2) is 6.44. The fourth-order valence-electron chi connectivity index (χ4n) is 3.85. The van der Waals surface area contributed by atoms with Crippen molar-refractivity contribution in [2.45, 2.75) is 0 Å². The van der Waals surface area contributed by atoms with Crippen LogP contribution < -0.4 is 5.46 Å². The first-order chi connectivity index (χ1) is 13.3. The van der Waals surface area contributed by atoms with E-state index in [1.54, 1.807) is 0 Å². The fourth-order valence-corrected chi connectivity index (χ4v) is 3.85. The topological polar surface area (TPSA) is 0 Å². The molecule has 0 saturated heterocycles. The Morgan fingerprint density at radius 2 is 0.815 bits per heavy atom. The highest BCUT2D eigenvalue weighted by atomic mass is 14.1. The summed E-state index contributed by atoms with van der Waals surface area (Å²) in [7, 11) is 2.18. The number of benzene rings is 5. The normalized spacial score (nSPS) is 11.1. The molecule has 5 aromatic carbocycles. The minimum absolute atomic E-state index is 1.26. The molecule has 126 valence electrons. The summed E-state index contributed by atoms with van der Waals surface area (Å²) in [6, 6.07) is 37.4. The van der Waals surface area contributed by atoms with Gasteiger partial charge in [0.25, 0.3) is 0 Å². The van der Waals surface area contributed by atoms with Gasteiger partial charge in [-0.25, -0.2) is 0 Å². The Hall–Kier alpha value is -3.32. The Morgan fingerprint density at radius 3 is 1.30 bits per heavy atom. The SMILES string of the molecule is Bc1cc(-c2ccc3ccccc3c2)cc(-c2ccc3ccccc3c2)c1. The van der Waals surface area contributed by atoms with Crippen molar-refractivity contribution >= 4 is 34.9 Å². The van der Waals surface area contributed by atoms with Gasteiger partial charge in [-0.1, -0.05) is 90.4 Å². The van der Waals surface area contributed by atoms with Crippen LogP contribution in [0.4, 0.5) is 0 Å². The predicted molar refractivity (Wildman–Crippen MR) is 121 cm³/mol. The van der Waals surface area contributed by atoms with Gasteiger partial charge in [0, 0.05) is 0 Å². The summed E-state index contributed by atoms with van der Waals surface area (Å²) in [6.45, 7) is 0. The largest absolute Gasteiger partial charge is 0.139 e. The maximum absolute atomic E-state index is 2.31. The molecule has 0 N–H and O–H groups in total. The third kappa shape index (κ3) is 3.02. The summed E-state index contributed by atoms with van der Waals surface area (Å²) in [5, 5.41) is 5.12. The number of fused-ring (bicyclic) bond motifs is 2. The van der Waals surface area contributed by atoms with E-state index < -0.39 is 0 Å². The minimum atomic E-state index is 1.26. The first-order valence-corrected chi connectivity index (χ1v) is 9.36. The van der Waals surface area contributed by atoms with Gasteiger partial charge in [-0.2, -0.15) is 0 Å². The molecule has 0 aliphatic rings. The molecule has 5 rings (SSSR count). The summed E-state index contributed by atoms with van der Waals surface area (Å²) in [5.41, 5.74) is 6.34. The molecule has 0 aliphatic heterocycles. The van der Waals surface area contributed by atoms with Crippen LogP contribution in [0.3, 0.4) is 0 Å². The molecule has 0 nitrogen and oxygen atoms in total. The van der Waals surface area contributed by atoms with Crippen molar-refractivity contribution in [3.8, 4) is 22.3 Å². The van der Waals surface area contributed by atoms with Crippen LogP contribution in [0.15, 0.2) is 103 Å². The Labute approximate surface area is 160 Å². The van der Waals surface area contributed by atoms with E-state index in [0.717, 1.165) is 0 Å². The van der Waals surface area contributed by atoms with Crippen molar-refractivity contribution in [1.82, 2.24) is 0 Å². The first-order valence-electron chi connectivity index (χ1n) is 9.36.